The van der Waals surface area contributed by atoms with Gasteiger partial charge in [-0.2, -0.15) is 14.0 Å². The molecular weight excluding hydrogens is 475 g/mol. The molecule has 0 atom stereocenters. The van der Waals surface area contributed by atoms with Gasteiger partial charge in [-0.25, -0.2) is 0 Å². The minimum atomic E-state index is -2.52. The Hall–Kier alpha value is -2.79. The molecule has 0 bridgehead atoms. The molecule has 0 fully saturated rings. The zero-order chi connectivity index (χ0) is 23.4. The van der Waals surface area contributed by atoms with E-state index >= 15 is 0 Å². The Kier molecular flexibility index (Phi) is 7.62. The zero-order valence-electron chi connectivity index (χ0n) is 17.0. The molecule has 164 valence electrons. The summed E-state index contributed by atoms with van der Waals surface area (Å²) >= 11 is 12.9. The van der Waals surface area contributed by atoms with Crippen molar-refractivity contribution in [1.29, 1.82) is 5.26 Å². The SMILES string of the molecule is Cc1cc(C=C(C#N)C(=O)Nc2ccc(SC(F)F)cc2)c(C)n1-c1cc(Cl)ccc1Cl. The number of aromatic nitrogens is 1. The van der Waals surface area contributed by atoms with E-state index in [-0.39, 0.29) is 5.57 Å². The number of rotatable bonds is 6. The average molecular weight is 492 g/mol. The van der Waals surface area contributed by atoms with Crippen molar-refractivity contribution in [3.63, 3.8) is 0 Å². The lowest BCUT2D eigenvalue weighted by Gasteiger charge is -2.12. The van der Waals surface area contributed by atoms with E-state index in [0.29, 0.717) is 43.6 Å². The van der Waals surface area contributed by atoms with E-state index in [0.717, 1.165) is 11.4 Å². The maximum absolute atomic E-state index is 12.6. The van der Waals surface area contributed by atoms with E-state index in [4.69, 9.17) is 23.2 Å². The zero-order valence-corrected chi connectivity index (χ0v) is 19.3. The normalized spacial score (nSPS) is 11.5. The summed E-state index contributed by atoms with van der Waals surface area (Å²) in [7, 11) is 0. The molecule has 3 rings (SSSR count). The molecule has 1 aromatic heterocycles. The molecule has 32 heavy (non-hydrogen) atoms. The minimum absolute atomic E-state index is 0.103. The Morgan fingerprint density at radius 1 is 1.16 bits per heavy atom. The van der Waals surface area contributed by atoms with Gasteiger partial charge in [0.2, 0.25) is 0 Å². The molecule has 0 radical (unpaired) electrons. The van der Waals surface area contributed by atoms with Crippen LogP contribution in [0.1, 0.15) is 17.0 Å². The van der Waals surface area contributed by atoms with Crippen LogP contribution >= 0.6 is 35.0 Å². The van der Waals surface area contributed by atoms with Crippen LogP contribution in [0.25, 0.3) is 11.8 Å². The fourth-order valence-electron chi connectivity index (χ4n) is 3.18. The highest BCUT2D eigenvalue weighted by Crippen LogP contribution is 2.30. The van der Waals surface area contributed by atoms with E-state index in [2.05, 4.69) is 5.32 Å². The third-order valence-corrected chi connectivity index (χ3v) is 5.90. The maximum Gasteiger partial charge on any atom is 0.288 e. The van der Waals surface area contributed by atoms with Crippen LogP contribution in [0.3, 0.4) is 0 Å². The fraction of sp³-hybridized carbons (Fsp3) is 0.130. The predicted octanol–water partition coefficient (Wildman–Crippen LogP) is 7.26. The molecule has 2 aromatic carbocycles. The van der Waals surface area contributed by atoms with Crippen molar-refractivity contribution in [2.75, 3.05) is 5.32 Å². The predicted molar refractivity (Wildman–Crippen MR) is 126 cm³/mol. The van der Waals surface area contributed by atoms with Crippen molar-refractivity contribution < 1.29 is 13.6 Å². The summed E-state index contributed by atoms with van der Waals surface area (Å²) in [4.78, 5) is 13.0. The number of nitrogens with zero attached hydrogens (tertiary/aromatic N) is 2. The van der Waals surface area contributed by atoms with Gasteiger partial charge < -0.3 is 9.88 Å². The molecular formula is C23H17Cl2F2N3OS. The number of nitriles is 1. The molecule has 0 aliphatic carbocycles. The first-order valence-electron chi connectivity index (χ1n) is 9.32. The Bertz CT molecular complexity index is 1230. The van der Waals surface area contributed by atoms with Gasteiger partial charge in [-0.15, -0.1) is 0 Å². The van der Waals surface area contributed by atoms with Crippen molar-refractivity contribution >= 4 is 52.6 Å². The Labute approximate surface area is 198 Å². The average Bonchev–Trinajstić information content (AvgIpc) is 3.01. The van der Waals surface area contributed by atoms with E-state index in [1.165, 1.54) is 30.3 Å². The summed E-state index contributed by atoms with van der Waals surface area (Å²) in [6.07, 6.45) is 1.49. The molecule has 3 aromatic rings. The minimum Gasteiger partial charge on any atom is -0.321 e. The first-order chi connectivity index (χ1) is 15.2. The van der Waals surface area contributed by atoms with Crippen LogP contribution in [-0.4, -0.2) is 16.2 Å². The summed E-state index contributed by atoms with van der Waals surface area (Å²) in [5, 5.41) is 13.2. The number of aryl methyl sites for hydroxylation is 1. The van der Waals surface area contributed by atoms with Gasteiger partial charge in [0.15, 0.2) is 0 Å². The molecule has 1 heterocycles. The van der Waals surface area contributed by atoms with Crippen LogP contribution in [0.15, 0.2) is 59.0 Å². The lowest BCUT2D eigenvalue weighted by atomic mass is 10.1. The summed E-state index contributed by atoms with van der Waals surface area (Å²) in [6.45, 7) is 3.73. The van der Waals surface area contributed by atoms with E-state index in [9.17, 15) is 18.8 Å². The first kappa shape index (κ1) is 23.9. The topological polar surface area (TPSA) is 57.8 Å². The molecule has 0 aliphatic rings. The summed E-state index contributed by atoms with van der Waals surface area (Å²) in [5.74, 6) is -3.13. The van der Waals surface area contributed by atoms with Crippen molar-refractivity contribution in [1.82, 2.24) is 4.57 Å². The highest BCUT2D eigenvalue weighted by atomic mass is 35.5. The Balaban J connectivity index is 1.87. The number of amides is 1. The van der Waals surface area contributed by atoms with E-state index in [1.807, 2.05) is 30.6 Å². The fourth-order valence-corrected chi connectivity index (χ4v) is 4.05. The Morgan fingerprint density at radius 2 is 1.84 bits per heavy atom. The van der Waals surface area contributed by atoms with Crippen LogP contribution in [0.2, 0.25) is 10.0 Å². The van der Waals surface area contributed by atoms with Crippen molar-refractivity contribution in [2.45, 2.75) is 24.5 Å². The van der Waals surface area contributed by atoms with Gasteiger partial charge in [0.05, 0.1) is 10.7 Å². The van der Waals surface area contributed by atoms with Crippen molar-refractivity contribution in [3.8, 4) is 11.8 Å². The number of nitrogens with one attached hydrogen (secondary N) is 1. The molecule has 0 saturated carbocycles. The molecule has 1 amide bonds. The van der Waals surface area contributed by atoms with Crippen LogP contribution in [0.4, 0.5) is 14.5 Å². The third-order valence-electron chi connectivity index (χ3n) is 4.62. The lowest BCUT2D eigenvalue weighted by molar-refractivity contribution is -0.112. The number of halogens is 4. The van der Waals surface area contributed by atoms with Crippen LogP contribution in [-0.2, 0) is 4.79 Å². The van der Waals surface area contributed by atoms with Crippen molar-refractivity contribution in [3.05, 3.63) is 81.1 Å². The molecule has 0 saturated heterocycles. The standard InChI is InChI=1S/C23H17Cl2F2N3OS/c1-13-9-15(14(2)30(13)21-11-17(24)3-8-20(21)25)10-16(12-28)22(31)29-18-4-6-19(7-5-18)32-23(26)27/h3-11,23H,1-2H3,(H,29,31). The number of carbonyl (C=O) groups is 1. The number of hydrogen-bond acceptors (Lipinski definition) is 3. The van der Waals surface area contributed by atoms with E-state index < -0.39 is 11.7 Å². The van der Waals surface area contributed by atoms with Gasteiger partial charge in [0.1, 0.15) is 11.6 Å². The number of thioether (sulfide) groups is 1. The summed E-state index contributed by atoms with van der Waals surface area (Å²) < 4.78 is 26.8. The lowest BCUT2D eigenvalue weighted by Crippen LogP contribution is -2.13. The van der Waals surface area contributed by atoms with E-state index in [1.54, 1.807) is 18.2 Å². The van der Waals surface area contributed by atoms with Crippen molar-refractivity contribution in [2.24, 2.45) is 0 Å². The van der Waals surface area contributed by atoms with Gasteiger partial charge >= 0.3 is 0 Å². The number of carbonyl (C=O) groups excluding carboxylic acids is 1. The maximum atomic E-state index is 12.6. The Morgan fingerprint density at radius 3 is 2.47 bits per heavy atom. The highest BCUT2D eigenvalue weighted by Gasteiger charge is 2.16. The van der Waals surface area contributed by atoms with Gasteiger partial charge in [-0.05, 0) is 74.0 Å². The van der Waals surface area contributed by atoms with Crippen LogP contribution in [0, 0.1) is 25.2 Å². The van der Waals surface area contributed by atoms with Crippen LogP contribution in [0.5, 0.6) is 0 Å². The molecule has 0 spiro atoms. The third kappa shape index (κ3) is 5.52. The van der Waals surface area contributed by atoms with Gasteiger partial charge in [0.25, 0.3) is 11.7 Å². The monoisotopic (exact) mass is 491 g/mol. The molecule has 0 unspecified atom stereocenters. The van der Waals surface area contributed by atoms with Gasteiger partial charge in [-0.3, -0.25) is 4.79 Å². The molecule has 0 aliphatic heterocycles. The number of anilines is 1. The first-order valence-corrected chi connectivity index (χ1v) is 11.0. The summed E-state index contributed by atoms with van der Waals surface area (Å²) in [5.41, 5.74) is 3.29. The molecule has 4 nitrogen and oxygen atoms in total. The number of alkyl halides is 2. The second-order valence-electron chi connectivity index (χ2n) is 6.78. The smallest absolute Gasteiger partial charge is 0.288 e. The second-order valence-corrected chi connectivity index (χ2v) is 8.69. The quantitative estimate of drug-likeness (QED) is 0.224. The van der Waals surface area contributed by atoms with Gasteiger partial charge in [0, 0.05) is 27.0 Å². The molecule has 1 N–H and O–H groups in total. The second kappa shape index (κ2) is 10.2. The summed E-state index contributed by atoms with van der Waals surface area (Å²) in [6, 6.07) is 14.9. The highest BCUT2D eigenvalue weighted by molar-refractivity contribution is 7.99. The largest absolute Gasteiger partial charge is 0.321 e. The van der Waals surface area contributed by atoms with Crippen LogP contribution < -0.4 is 5.32 Å². The van der Waals surface area contributed by atoms with Gasteiger partial charge in [-0.1, -0.05) is 35.0 Å². The number of hydrogen-bond donors (Lipinski definition) is 1. The molecule has 9 heteroatoms. The number of benzene rings is 2.